The maximum Gasteiger partial charge on any atom is 0.0931 e. The van der Waals surface area contributed by atoms with E-state index in [9.17, 15) is 0 Å². The maximum atomic E-state index is 6.19. The van der Waals surface area contributed by atoms with Crippen LogP contribution in [0.15, 0.2) is 12.1 Å². The van der Waals surface area contributed by atoms with E-state index in [0.717, 1.165) is 10.8 Å². The third-order valence-corrected chi connectivity index (χ3v) is 4.28. The van der Waals surface area contributed by atoms with Crippen LogP contribution in [0.4, 0.5) is 0 Å². The van der Waals surface area contributed by atoms with Crippen LogP contribution in [-0.4, -0.2) is 5.38 Å². The zero-order valence-corrected chi connectivity index (χ0v) is 8.92. The first-order valence-corrected chi connectivity index (χ1v) is 5.80. The van der Waals surface area contributed by atoms with Gasteiger partial charge in [0, 0.05) is 16.2 Å². The molecule has 2 atom stereocenters. The van der Waals surface area contributed by atoms with Crippen LogP contribution in [0.25, 0.3) is 0 Å². The molecular weight excluding hydrogens is 211 g/mol. The first kappa shape index (κ1) is 8.86. The Labute approximate surface area is 86.5 Å². The second-order valence-corrected chi connectivity index (χ2v) is 5.50. The van der Waals surface area contributed by atoms with Crippen molar-refractivity contribution < 1.29 is 0 Å². The molecule has 1 aromatic heterocycles. The first-order valence-electron chi connectivity index (χ1n) is 4.16. The minimum absolute atomic E-state index is 0.333. The lowest BCUT2D eigenvalue weighted by atomic mass is 10.1. The van der Waals surface area contributed by atoms with Gasteiger partial charge in [0.05, 0.1) is 4.34 Å². The molecule has 0 N–H and O–H groups in total. The summed E-state index contributed by atoms with van der Waals surface area (Å²) in [6.07, 6.45) is 3.64. The van der Waals surface area contributed by atoms with E-state index < -0.39 is 0 Å². The van der Waals surface area contributed by atoms with Crippen LogP contribution in [0.3, 0.4) is 0 Å². The van der Waals surface area contributed by atoms with Gasteiger partial charge < -0.3 is 0 Å². The van der Waals surface area contributed by atoms with Crippen molar-refractivity contribution in [3.05, 3.63) is 21.3 Å². The van der Waals surface area contributed by atoms with E-state index in [1.807, 2.05) is 6.07 Å². The molecule has 0 spiro atoms. The van der Waals surface area contributed by atoms with Crippen molar-refractivity contribution in [1.82, 2.24) is 0 Å². The lowest BCUT2D eigenvalue weighted by molar-refractivity contribution is 0.745. The van der Waals surface area contributed by atoms with Crippen LogP contribution in [-0.2, 0) is 0 Å². The predicted molar refractivity (Wildman–Crippen MR) is 55.6 cm³/mol. The lowest BCUT2D eigenvalue weighted by Gasteiger charge is -2.10. The predicted octanol–water partition coefficient (Wildman–Crippen LogP) is 4.28. The molecule has 0 aromatic carbocycles. The summed E-state index contributed by atoms with van der Waals surface area (Å²) < 4.78 is 0.876. The van der Waals surface area contributed by atoms with Gasteiger partial charge in [-0.1, -0.05) is 18.0 Å². The van der Waals surface area contributed by atoms with Gasteiger partial charge in [-0.25, -0.2) is 0 Å². The van der Waals surface area contributed by atoms with Gasteiger partial charge in [-0.05, 0) is 25.0 Å². The van der Waals surface area contributed by atoms with Crippen LogP contribution in [0, 0.1) is 0 Å². The Balaban J connectivity index is 2.19. The molecule has 66 valence electrons. The van der Waals surface area contributed by atoms with Crippen LogP contribution in [0.5, 0.6) is 0 Å². The van der Waals surface area contributed by atoms with Crippen molar-refractivity contribution in [3.8, 4) is 0 Å². The van der Waals surface area contributed by atoms with Crippen molar-refractivity contribution in [3.63, 3.8) is 0 Å². The normalized spacial score (nSPS) is 29.5. The molecule has 1 heterocycles. The average molecular weight is 221 g/mol. The van der Waals surface area contributed by atoms with Gasteiger partial charge in [-0.3, -0.25) is 0 Å². The zero-order valence-electron chi connectivity index (χ0n) is 6.59. The quantitative estimate of drug-likeness (QED) is 0.621. The Hall–Kier alpha value is 0.280. The van der Waals surface area contributed by atoms with Crippen molar-refractivity contribution in [1.29, 1.82) is 0 Å². The highest BCUT2D eigenvalue weighted by Gasteiger charge is 2.27. The van der Waals surface area contributed by atoms with E-state index >= 15 is 0 Å². The minimum atomic E-state index is 0.333. The van der Waals surface area contributed by atoms with E-state index in [2.05, 4.69) is 6.07 Å². The molecule has 1 aromatic rings. The van der Waals surface area contributed by atoms with E-state index in [-0.39, 0.29) is 0 Å². The standard InChI is InChI=1S/C9H10Cl2S/c10-7-3-1-2-6(7)8-4-5-9(11)12-8/h4-7H,1-3H2. The number of alkyl halides is 1. The second kappa shape index (κ2) is 3.57. The molecule has 1 aliphatic carbocycles. The fourth-order valence-electron chi connectivity index (χ4n) is 1.76. The zero-order chi connectivity index (χ0) is 8.55. The minimum Gasteiger partial charge on any atom is -0.128 e. The van der Waals surface area contributed by atoms with Crippen LogP contribution < -0.4 is 0 Å². The van der Waals surface area contributed by atoms with Crippen molar-refractivity contribution in [2.75, 3.05) is 0 Å². The molecule has 2 rings (SSSR count). The van der Waals surface area contributed by atoms with Crippen molar-refractivity contribution in [2.24, 2.45) is 0 Å². The third-order valence-electron chi connectivity index (χ3n) is 2.39. The van der Waals surface area contributed by atoms with Gasteiger partial charge >= 0.3 is 0 Å². The number of rotatable bonds is 1. The molecule has 0 amide bonds. The Morgan fingerprint density at radius 3 is 2.67 bits per heavy atom. The topological polar surface area (TPSA) is 0 Å². The van der Waals surface area contributed by atoms with Gasteiger partial charge in [0.15, 0.2) is 0 Å². The smallest absolute Gasteiger partial charge is 0.0931 e. The SMILES string of the molecule is Clc1ccc(C2CCCC2Cl)s1. The monoisotopic (exact) mass is 220 g/mol. The number of hydrogen-bond donors (Lipinski definition) is 0. The summed E-state index contributed by atoms with van der Waals surface area (Å²) in [5, 5.41) is 0.333. The van der Waals surface area contributed by atoms with Gasteiger partial charge in [-0.15, -0.1) is 22.9 Å². The molecule has 1 saturated carbocycles. The van der Waals surface area contributed by atoms with Gasteiger partial charge in [0.2, 0.25) is 0 Å². The van der Waals surface area contributed by atoms with Crippen molar-refractivity contribution >= 4 is 34.5 Å². The maximum absolute atomic E-state index is 6.19. The Kier molecular flexibility index (Phi) is 2.63. The summed E-state index contributed by atoms with van der Waals surface area (Å²) in [6.45, 7) is 0. The molecule has 0 nitrogen and oxygen atoms in total. The molecule has 2 unspecified atom stereocenters. The fourth-order valence-corrected chi connectivity index (χ4v) is 3.51. The molecule has 3 heteroatoms. The molecular formula is C9H10Cl2S. The molecule has 1 aliphatic rings. The molecule has 0 radical (unpaired) electrons. The molecule has 0 bridgehead atoms. The van der Waals surface area contributed by atoms with Crippen molar-refractivity contribution in [2.45, 2.75) is 30.6 Å². The summed E-state index contributed by atoms with van der Waals surface area (Å²) in [5.74, 6) is 0.559. The van der Waals surface area contributed by atoms with E-state index in [1.165, 1.54) is 17.7 Å². The molecule has 12 heavy (non-hydrogen) atoms. The second-order valence-electron chi connectivity index (χ2n) is 3.20. The van der Waals surface area contributed by atoms with E-state index in [1.54, 1.807) is 11.3 Å². The highest BCUT2D eigenvalue weighted by Crippen LogP contribution is 2.41. The summed E-state index contributed by atoms with van der Waals surface area (Å²) in [7, 11) is 0. The summed E-state index contributed by atoms with van der Waals surface area (Å²) in [5.41, 5.74) is 0. The number of hydrogen-bond acceptors (Lipinski definition) is 1. The van der Waals surface area contributed by atoms with E-state index in [0.29, 0.717) is 11.3 Å². The third kappa shape index (κ3) is 1.63. The van der Waals surface area contributed by atoms with Gasteiger partial charge in [0.1, 0.15) is 0 Å². The Morgan fingerprint density at radius 1 is 1.33 bits per heavy atom. The molecule has 1 fully saturated rings. The molecule has 0 aliphatic heterocycles. The first-order chi connectivity index (χ1) is 5.77. The van der Waals surface area contributed by atoms with E-state index in [4.69, 9.17) is 23.2 Å². The van der Waals surface area contributed by atoms with Crippen LogP contribution in [0.1, 0.15) is 30.1 Å². The number of thiophene rings is 1. The van der Waals surface area contributed by atoms with Crippen LogP contribution >= 0.6 is 34.5 Å². The highest BCUT2D eigenvalue weighted by molar-refractivity contribution is 7.16. The average Bonchev–Trinajstić information content (AvgIpc) is 2.58. The summed E-state index contributed by atoms with van der Waals surface area (Å²) in [6, 6.07) is 4.07. The fraction of sp³-hybridized carbons (Fsp3) is 0.556. The lowest BCUT2D eigenvalue weighted by Crippen LogP contribution is -2.02. The summed E-state index contributed by atoms with van der Waals surface area (Å²) >= 11 is 13.7. The Bertz CT molecular complexity index is 269. The number of halogens is 2. The largest absolute Gasteiger partial charge is 0.128 e. The van der Waals surface area contributed by atoms with Crippen LogP contribution in [0.2, 0.25) is 4.34 Å². The summed E-state index contributed by atoms with van der Waals surface area (Å²) in [4.78, 5) is 1.36. The molecule has 0 saturated heterocycles. The van der Waals surface area contributed by atoms with Gasteiger partial charge in [-0.2, -0.15) is 0 Å². The van der Waals surface area contributed by atoms with Gasteiger partial charge in [0.25, 0.3) is 0 Å². The highest BCUT2D eigenvalue weighted by atomic mass is 35.5. The Morgan fingerprint density at radius 2 is 2.17 bits per heavy atom.